The monoisotopic (exact) mass is 312 g/mol. The van der Waals surface area contributed by atoms with Crippen LogP contribution in [0.15, 0.2) is 28.9 Å². The first-order valence-electron chi connectivity index (χ1n) is 7.98. The molecule has 0 aromatic carbocycles. The maximum absolute atomic E-state index is 12.7. The van der Waals surface area contributed by atoms with E-state index in [0.29, 0.717) is 6.54 Å². The summed E-state index contributed by atoms with van der Waals surface area (Å²) in [6.45, 7) is 1.36. The summed E-state index contributed by atoms with van der Waals surface area (Å²) in [6, 6.07) is 5.88. The maximum atomic E-state index is 12.7. The van der Waals surface area contributed by atoms with Gasteiger partial charge in [0.25, 0.3) is 0 Å². The van der Waals surface area contributed by atoms with Gasteiger partial charge in [0, 0.05) is 45.4 Å². The molecule has 2 atom stereocenters. The number of amides is 1. The van der Waals surface area contributed by atoms with Crippen molar-refractivity contribution in [2.75, 3.05) is 25.5 Å². The van der Waals surface area contributed by atoms with Crippen LogP contribution in [-0.4, -0.2) is 41.6 Å². The van der Waals surface area contributed by atoms with Gasteiger partial charge in [0.2, 0.25) is 5.91 Å². The zero-order valence-corrected chi connectivity index (χ0v) is 13.4. The fourth-order valence-corrected chi connectivity index (χ4v) is 3.24. The Bertz CT molecular complexity index is 726. The average Bonchev–Trinajstić information content (AvgIpc) is 3.17. The number of furan rings is 1. The molecule has 0 spiro atoms. The normalized spacial score (nSPS) is 22.6. The van der Waals surface area contributed by atoms with E-state index in [4.69, 9.17) is 4.42 Å². The fourth-order valence-electron chi connectivity index (χ4n) is 3.24. The molecular formula is C17H20N4O2. The molecule has 2 aromatic rings. The first kappa shape index (κ1) is 14.2. The number of carbonyl (C=O) groups excluding carboxylic acids is 1. The van der Waals surface area contributed by atoms with Gasteiger partial charge in [-0.2, -0.15) is 5.10 Å². The first-order chi connectivity index (χ1) is 11.1. The average molecular weight is 312 g/mol. The number of nitrogens with zero attached hydrogens (tertiary/aromatic N) is 4. The summed E-state index contributed by atoms with van der Waals surface area (Å²) in [4.78, 5) is 16.6. The van der Waals surface area contributed by atoms with E-state index in [1.165, 1.54) is 0 Å². The van der Waals surface area contributed by atoms with E-state index in [2.05, 4.69) is 10.2 Å². The Morgan fingerprint density at radius 1 is 1.39 bits per heavy atom. The topological polar surface area (TPSA) is 62.5 Å². The Labute approximate surface area is 135 Å². The highest BCUT2D eigenvalue weighted by Crippen LogP contribution is 2.48. The second-order valence-electron chi connectivity index (χ2n) is 6.54. The minimum absolute atomic E-state index is 0.0748. The van der Waals surface area contributed by atoms with Crippen LogP contribution in [0.4, 0.5) is 5.82 Å². The standard InChI is InChI=1S/C17H20N4O2/c1-20(2)16-8-11-10-21(6-5-14(11)18-19-16)17(22)13-9-12(13)15-4-3-7-23-15/h3-4,7-8,12-13H,5-6,9-10H2,1-2H3. The molecule has 1 fully saturated rings. The molecule has 1 aliphatic carbocycles. The van der Waals surface area contributed by atoms with E-state index in [1.54, 1.807) is 6.26 Å². The number of hydrogen-bond donors (Lipinski definition) is 0. The van der Waals surface area contributed by atoms with Crippen molar-refractivity contribution in [3.8, 4) is 0 Å². The fraction of sp³-hybridized carbons (Fsp3) is 0.471. The van der Waals surface area contributed by atoms with Crippen LogP contribution in [0.1, 0.15) is 29.4 Å². The maximum Gasteiger partial charge on any atom is 0.226 e. The molecule has 2 aliphatic rings. The van der Waals surface area contributed by atoms with Crippen LogP contribution in [0, 0.1) is 5.92 Å². The van der Waals surface area contributed by atoms with Crippen molar-refractivity contribution < 1.29 is 9.21 Å². The predicted molar refractivity (Wildman–Crippen MR) is 85.0 cm³/mol. The summed E-state index contributed by atoms with van der Waals surface area (Å²) in [7, 11) is 3.89. The highest BCUT2D eigenvalue weighted by molar-refractivity contribution is 5.83. The van der Waals surface area contributed by atoms with Gasteiger partial charge in [0.05, 0.1) is 12.0 Å². The van der Waals surface area contributed by atoms with E-state index < -0.39 is 0 Å². The van der Waals surface area contributed by atoms with Gasteiger partial charge in [-0.25, -0.2) is 0 Å². The minimum atomic E-state index is 0.0748. The van der Waals surface area contributed by atoms with Gasteiger partial charge in [-0.3, -0.25) is 4.79 Å². The molecule has 4 rings (SSSR count). The lowest BCUT2D eigenvalue weighted by molar-refractivity contribution is -0.133. The van der Waals surface area contributed by atoms with Crippen LogP contribution >= 0.6 is 0 Å². The summed E-state index contributed by atoms with van der Waals surface area (Å²) >= 11 is 0. The third kappa shape index (κ3) is 2.58. The smallest absolute Gasteiger partial charge is 0.226 e. The molecule has 2 unspecified atom stereocenters. The molecule has 0 bridgehead atoms. The summed E-state index contributed by atoms with van der Waals surface area (Å²) in [6.07, 6.45) is 3.35. The van der Waals surface area contributed by atoms with Gasteiger partial charge < -0.3 is 14.2 Å². The molecule has 1 amide bonds. The van der Waals surface area contributed by atoms with Crippen molar-refractivity contribution in [3.63, 3.8) is 0 Å². The second-order valence-corrected chi connectivity index (χ2v) is 6.54. The molecule has 3 heterocycles. The second kappa shape index (κ2) is 5.37. The van der Waals surface area contributed by atoms with Crippen LogP contribution in [0.2, 0.25) is 0 Å². The summed E-state index contributed by atoms with van der Waals surface area (Å²) in [5.74, 6) is 2.33. The summed E-state index contributed by atoms with van der Waals surface area (Å²) < 4.78 is 5.43. The SMILES string of the molecule is CN(C)c1cc2c(nn1)CCN(C(=O)C1CC1c1ccco1)C2. The van der Waals surface area contributed by atoms with Crippen molar-refractivity contribution in [1.82, 2.24) is 15.1 Å². The molecule has 1 saturated carbocycles. The van der Waals surface area contributed by atoms with Crippen LogP contribution in [0.5, 0.6) is 0 Å². The van der Waals surface area contributed by atoms with E-state index in [9.17, 15) is 4.79 Å². The molecular weight excluding hydrogens is 292 g/mol. The van der Waals surface area contributed by atoms with Crippen LogP contribution in [-0.2, 0) is 17.8 Å². The zero-order chi connectivity index (χ0) is 16.0. The first-order valence-corrected chi connectivity index (χ1v) is 7.98. The lowest BCUT2D eigenvalue weighted by Gasteiger charge is -2.28. The molecule has 6 heteroatoms. The van der Waals surface area contributed by atoms with Crippen molar-refractivity contribution >= 4 is 11.7 Å². The molecule has 0 N–H and O–H groups in total. The van der Waals surface area contributed by atoms with Gasteiger partial charge in [-0.05, 0) is 30.2 Å². The summed E-state index contributed by atoms with van der Waals surface area (Å²) in [5.41, 5.74) is 2.12. The predicted octanol–water partition coefficient (Wildman–Crippen LogP) is 1.82. The van der Waals surface area contributed by atoms with Crippen molar-refractivity contribution in [3.05, 3.63) is 41.5 Å². The highest BCUT2D eigenvalue weighted by Gasteiger charge is 2.47. The van der Waals surface area contributed by atoms with Gasteiger partial charge in [0.1, 0.15) is 5.76 Å². The van der Waals surface area contributed by atoms with E-state index in [-0.39, 0.29) is 17.7 Å². The highest BCUT2D eigenvalue weighted by atomic mass is 16.3. The Morgan fingerprint density at radius 3 is 3.00 bits per heavy atom. The van der Waals surface area contributed by atoms with Gasteiger partial charge in [-0.15, -0.1) is 5.10 Å². The molecule has 120 valence electrons. The molecule has 6 nitrogen and oxygen atoms in total. The Balaban J connectivity index is 1.47. The van der Waals surface area contributed by atoms with E-state index in [1.807, 2.05) is 42.1 Å². The van der Waals surface area contributed by atoms with Crippen LogP contribution in [0.25, 0.3) is 0 Å². The molecule has 0 saturated heterocycles. The Morgan fingerprint density at radius 2 is 2.26 bits per heavy atom. The van der Waals surface area contributed by atoms with Crippen LogP contribution in [0.3, 0.4) is 0 Å². The quantitative estimate of drug-likeness (QED) is 0.865. The number of hydrogen-bond acceptors (Lipinski definition) is 5. The molecule has 23 heavy (non-hydrogen) atoms. The lowest BCUT2D eigenvalue weighted by atomic mass is 10.1. The number of aromatic nitrogens is 2. The van der Waals surface area contributed by atoms with Crippen molar-refractivity contribution in [1.29, 1.82) is 0 Å². The van der Waals surface area contributed by atoms with E-state index >= 15 is 0 Å². The zero-order valence-electron chi connectivity index (χ0n) is 13.4. The number of carbonyl (C=O) groups is 1. The van der Waals surface area contributed by atoms with Gasteiger partial charge >= 0.3 is 0 Å². The lowest BCUT2D eigenvalue weighted by Crippen LogP contribution is -2.37. The number of anilines is 1. The number of fused-ring (bicyclic) bond motifs is 1. The Kier molecular flexibility index (Phi) is 3.32. The third-order valence-corrected chi connectivity index (χ3v) is 4.71. The Hall–Kier alpha value is -2.37. The van der Waals surface area contributed by atoms with Crippen molar-refractivity contribution in [2.45, 2.75) is 25.3 Å². The third-order valence-electron chi connectivity index (χ3n) is 4.71. The van der Waals surface area contributed by atoms with Crippen molar-refractivity contribution in [2.24, 2.45) is 5.92 Å². The van der Waals surface area contributed by atoms with E-state index in [0.717, 1.165) is 42.2 Å². The largest absolute Gasteiger partial charge is 0.469 e. The van der Waals surface area contributed by atoms with Gasteiger partial charge in [0.15, 0.2) is 5.82 Å². The van der Waals surface area contributed by atoms with Crippen LogP contribution < -0.4 is 4.90 Å². The molecule has 2 aromatic heterocycles. The van der Waals surface area contributed by atoms with Gasteiger partial charge in [-0.1, -0.05) is 0 Å². The number of rotatable bonds is 3. The molecule has 1 aliphatic heterocycles. The minimum Gasteiger partial charge on any atom is -0.469 e. The molecule has 0 radical (unpaired) electrons. The summed E-state index contributed by atoms with van der Waals surface area (Å²) in [5, 5.41) is 8.52.